The lowest BCUT2D eigenvalue weighted by Crippen LogP contribution is -2.66. The van der Waals surface area contributed by atoms with Gasteiger partial charge in [0.05, 0.1) is 19.6 Å². The number of amides is 3. The van der Waals surface area contributed by atoms with Crippen LogP contribution in [0, 0.1) is 23.7 Å². The van der Waals surface area contributed by atoms with Crippen LogP contribution in [0.4, 0.5) is 0 Å². The number of Topliss-reactive ketones (excluding diaryl/α,β-unsaturated/α-hetero) is 1. The maximum absolute atomic E-state index is 14.6. The molecule has 10 heteroatoms. The zero-order valence-corrected chi connectivity index (χ0v) is 25.8. The topological polar surface area (TPSA) is 144 Å². The fourth-order valence-electron chi connectivity index (χ4n) is 8.19. The molecule has 3 unspecified atom stereocenters. The number of benzene rings is 2. The van der Waals surface area contributed by atoms with Gasteiger partial charge in [-0.15, -0.1) is 0 Å². The van der Waals surface area contributed by atoms with E-state index in [4.69, 9.17) is 15.2 Å². The molecule has 1 aromatic heterocycles. The SMILES string of the molecule is COc1cccc2[nH]c(C(=O)N3CC4CCCCC4C3(C(N)=O)[C@H](C[C@@H]3CCCNC3=O)C(=O)COCc3ccccc3)cc12. The second-order valence-electron chi connectivity index (χ2n) is 12.7. The van der Waals surface area contributed by atoms with E-state index in [0.29, 0.717) is 37.4 Å². The van der Waals surface area contributed by atoms with E-state index in [9.17, 15) is 19.2 Å². The molecule has 2 aliphatic heterocycles. The Morgan fingerprint density at radius 1 is 1.04 bits per heavy atom. The van der Waals surface area contributed by atoms with Crippen molar-refractivity contribution in [1.82, 2.24) is 15.2 Å². The number of aromatic amines is 1. The van der Waals surface area contributed by atoms with Gasteiger partial charge in [0.2, 0.25) is 11.8 Å². The van der Waals surface area contributed by atoms with Crippen LogP contribution >= 0.6 is 0 Å². The average Bonchev–Trinajstić information content (AvgIpc) is 3.65. The lowest BCUT2D eigenvalue weighted by molar-refractivity contribution is -0.147. The number of nitrogens with one attached hydrogen (secondary N) is 2. The number of fused-ring (bicyclic) bond motifs is 2. The molecule has 45 heavy (non-hydrogen) atoms. The maximum Gasteiger partial charge on any atom is 0.271 e. The fraction of sp³-hybridized carbons (Fsp3) is 0.486. The van der Waals surface area contributed by atoms with E-state index in [2.05, 4.69) is 10.3 Å². The number of hydrogen-bond donors (Lipinski definition) is 3. The highest BCUT2D eigenvalue weighted by molar-refractivity contribution is 6.05. The Morgan fingerprint density at radius 2 is 1.84 bits per heavy atom. The molecule has 0 radical (unpaired) electrons. The van der Waals surface area contributed by atoms with Crippen molar-refractivity contribution in [2.24, 2.45) is 29.4 Å². The molecule has 238 valence electrons. The van der Waals surface area contributed by atoms with Crippen molar-refractivity contribution in [3.05, 3.63) is 65.9 Å². The van der Waals surface area contributed by atoms with Gasteiger partial charge in [0, 0.05) is 29.9 Å². The molecule has 3 fully saturated rings. The first-order valence-corrected chi connectivity index (χ1v) is 16.0. The molecular formula is C35H42N4O6. The molecule has 5 atom stereocenters. The van der Waals surface area contributed by atoms with Gasteiger partial charge in [0.1, 0.15) is 23.6 Å². The van der Waals surface area contributed by atoms with Crippen LogP contribution in [0.1, 0.15) is 61.0 Å². The standard InChI is InChI=1S/C35H42N4O6/c1-44-31-15-7-14-28-25(31)18-29(38-28)33(42)39-19-24-11-5-6-13-26(24)35(39,34(36)43)27(17-23-12-8-16-37-32(23)41)30(40)21-45-20-22-9-3-2-4-10-22/h2-4,7,9-10,14-15,18,23-24,26-27,38H,5-6,8,11-13,16-17,19-21H2,1H3,(H2,36,43)(H,37,41)/t23-,24?,26?,27+,35?/m0/s1. The third kappa shape index (κ3) is 5.72. The van der Waals surface area contributed by atoms with Crippen LogP contribution in [0.15, 0.2) is 54.6 Å². The van der Waals surface area contributed by atoms with Gasteiger partial charge < -0.3 is 30.4 Å². The van der Waals surface area contributed by atoms with Crippen molar-refractivity contribution in [2.75, 3.05) is 26.8 Å². The Balaban J connectivity index is 1.41. The summed E-state index contributed by atoms with van der Waals surface area (Å²) in [6.45, 7) is 0.850. The van der Waals surface area contributed by atoms with Gasteiger partial charge in [-0.25, -0.2) is 0 Å². The summed E-state index contributed by atoms with van der Waals surface area (Å²) in [7, 11) is 1.57. The van der Waals surface area contributed by atoms with Crippen molar-refractivity contribution in [2.45, 2.75) is 57.1 Å². The number of ketones is 1. The van der Waals surface area contributed by atoms with Crippen LogP contribution in [0.25, 0.3) is 10.9 Å². The van der Waals surface area contributed by atoms with Gasteiger partial charge >= 0.3 is 0 Å². The monoisotopic (exact) mass is 614 g/mol. The van der Waals surface area contributed by atoms with Crippen molar-refractivity contribution in [1.29, 1.82) is 0 Å². The van der Waals surface area contributed by atoms with Crippen molar-refractivity contribution >= 4 is 34.4 Å². The van der Waals surface area contributed by atoms with Crippen LogP contribution in [0.5, 0.6) is 5.75 Å². The van der Waals surface area contributed by atoms with Crippen LogP contribution in [-0.2, 0) is 25.7 Å². The van der Waals surface area contributed by atoms with Gasteiger partial charge in [-0.1, -0.05) is 49.2 Å². The summed E-state index contributed by atoms with van der Waals surface area (Å²) >= 11 is 0. The van der Waals surface area contributed by atoms with Gasteiger partial charge in [0.15, 0.2) is 5.78 Å². The van der Waals surface area contributed by atoms with Crippen molar-refractivity contribution in [3.8, 4) is 5.75 Å². The van der Waals surface area contributed by atoms with E-state index in [-0.39, 0.29) is 43.2 Å². The Hall–Kier alpha value is -4.18. The number of methoxy groups -OCH3 is 1. The third-order valence-corrected chi connectivity index (χ3v) is 10.2. The molecular weight excluding hydrogens is 572 g/mol. The number of nitrogens with two attached hydrogens (primary N) is 1. The van der Waals surface area contributed by atoms with Crippen LogP contribution in [0.3, 0.4) is 0 Å². The molecule has 4 N–H and O–H groups in total. The number of H-pyrrole nitrogens is 1. The number of aromatic nitrogens is 1. The molecule has 3 heterocycles. The number of hydrogen-bond acceptors (Lipinski definition) is 6. The highest BCUT2D eigenvalue weighted by atomic mass is 16.5. The summed E-state index contributed by atoms with van der Waals surface area (Å²) < 4.78 is 11.4. The van der Waals surface area contributed by atoms with E-state index < -0.39 is 29.2 Å². The third-order valence-electron chi connectivity index (χ3n) is 10.2. The Labute approximate surface area is 263 Å². The number of carbonyl (C=O) groups is 4. The highest BCUT2D eigenvalue weighted by Gasteiger charge is 2.65. The first-order valence-electron chi connectivity index (χ1n) is 16.0. The largest absolute Gasteiger partial charge is 0.496 e. The number of piperidine rings is 1. The van der Waals surface area contributed by atoms with Gasteiger partial charge in [-0.05, 0) is 67.7 Å². The minimum atomic E-state index is -1.60. The highest BCUT2D eigenvalue weighted by Crippen LogP contribution is 2.52. The average molecular weight is 615 g/mol. The Morgan fingerprint density at radius 3 is 2.60 bits per heavy atom. The van der Waals surface area contributed by atoms with Gasteiger partial charge in [-0.3, -0.25) is 19.2 Å². The maximum atomic E-state index is 14.6. The van der Waals surface area contributed by atoms with Gasteiger partial charge in [0.25, 0.3) is 5.91 Å². The molecule has 0 bridgehead atoms. The number of ether oxygens (including phenoxy) is 2. The summed E-state index contributed by atoms with van der Waals surface area (Å²) in [5, 5.41) is 3.66. The van der Waals surface area contributed by atoms with Crippen LogP contribution < -0.4 is 15.8 Å². The van der Waals surface area contributed by atoms with Crippen molar-refractivity contribution < 1.29 is 28.7 Å². The minimum Gasteiger partial charge on any atom is -0.496 e. The Kier molecular flexibility index (Phi) is 8.94. The molecule has 3 amide bonds. The molecule has 0 spiro atoms. The predicted octanol–water partition coefficient (Wildman–Crippen LogP) is 3.98. The summed E-state index contributed by atoms with van der Waals surface area (Å²) in [5.74, 6) is -2.70. The predicted molar refractivity (Wildman–Crippen MR) is 168 cm³/mol. The molecule has 3 aliphatic rings. The number of rotatable bonds is 11. The number of likely N-dealkylation sites (tertiary alicyclic amines) is 1. The first-order chi connectivity index (χ1) is 21.8. The first kappa shape index (κ1) is 30.8. The fourth-order valence-corrected chi connectivity index (χ4v) is 8.19. The van der Waals surface area contributed by atoms with E-state index in [0.717, 1.165) is 42.1 Å². The molecule has 2 aromatic carbocycles. The van der Waals surface area contributed by atoms with Crippen LogP contribution in [0.2, 0.25) is 0 Å². The molecule has 6 rings (SSSR count). The summed E-state index contributed by atoms with van der Waals surface area (Å²) in [6.07, 6.45) is 4.84. The second kappa shape index (κ2) is 13.0. The van der Waals surface area contributed by atoms with Crippen molar-refractivity contribution in [3.63, 3.8) is 0 Å². The van der Waals surface area contributed by atoms with Crippen LogP contribution in [-0.4, -0.2) is 65.7 Å². The lowest BCUT2D eigenvalue weighted by atomic mass is 9.63. The molecule has 2 saturated heterocycles. The molecule has 10 nitrogen and oxygen atoms in total. The summed E-state index contributed by atoms with van der Waals surface area (Å²) in [4.78, 5) is 60.9. The molecule has 3 aromatic rings. The number of carbonyl (C=O) groups excluding carboxylic acids is 4. The molecule has 1 saturated carbocycles. The minimum absolute atomic E-state index is 0.00911. The Bertz CT molecular complexity index is 1570. The van der Waals surface area contributed by atoms with E-state index in [1.165, 1.54) is 0 Å². The zero-order chi connectivity index (χ0) is 31.6. The molecule has 1 aliphatic carbocycles. The van der Waals surface area contributed by atoms with E-state index >= 15 is 0 Å². The zero-order valence-electron chi connectivity index (χ0n) is 25.8. The smallest absolute Gasteiger partial charge is 0.271 e. The second-order valence-corrected chi connectivity index (χ2v) is 12.7. The normalized spacial score (nSPS) is 25.4. The summed E-state index contributed by atoms with van der Waals surface area (Å²) in [6, 6.07) is 16.8. The quantitative estimate of drug-likeness (QED) is 0.298. The number of nitrogens with zero attached hydrogens (tertiary/aromatic N) is 1. The lowest BCUT2D eigenvalue weighted by Gasteiger charge is -2.46. The van der Waals surface area contributed by atoms with E-state index in [1.807, 2.05) is 48.5 Å². The van der Waals surface area contributed by atoms with E-state index in [1.54, 1.807) is 18.1 Å². The van der Waals surface area contributed by atoms with Gasteiger partial charge in [-0.2, -0.15) is 0 Å². The number of primary amides is 1. The summed E-state index contributed by atoms with van der Waals surface area (Å²) in [5.41, 5.74) is 6.73.